The molecule has 1 aromatic heterocycles. The van der Waals surface area contributed by atoms with Crippen molar-refractivity contribution in [1.82, 2.24) is 9.55 Å². The predicted molar refractivity (Wildman–Crippen MR) is 51.5 cm³/mol. The van der Waals surface area contributed by atoms with E-state index in [1.54, 1.807) is 0 Å². The zero-order valence-corrected chi connectivity index (χ0v) is 8.09. The van der Waals surface area contributed by atoms with E-state index in [2.05, 4.69) is 0 Å². The molecule has 0 aliphatic carbocycles. The average Bonchev–Trinajstić information content (AvgIpc) is 2.59. The van der Waals surface area contributed by atoms with Gasteiger partial charge in [-0.3, -0.25) is 14.3 Å². The molecule has 0 amide bonds. The van der Waals surface area contributed by atoms with Crippen LogP contribution in [0.4, 0.5) is 4.39 Å². The second kappa shape index (κ2) is 4.03. The highest BCUT2D eigenvalue weighted by Gasteiger charge is 2.28. The Morgan fingerprint density at radius 1 is 1.56 bits per heavy atom. The van der Waals surface area contributed by atoms with E-state index >= 15 is 0 Å². The van der Waals surface area contributed by atoms with Crippen LogP contribution in [-0.4, -0.2) is 27.4 Å². The van der Waals surface area contributed by atoms with E-state index in [0.29, 0.717) is 0 Å². The lowest BCUT2D eigenvalue weighted by molar-refractivity contribution is -0.0199. The lowest BCUT2D eigenvalue weighted by Gasteiger charge is -2.13. The fraction of sp³-hybridized carbons (Fsp3) is 0.333. The van der Waals surface area contributed by atoms with E-state index in [4.69, 9.17) is 9.84 Å². The number of hydrogen-bond donors (Lipinski definition) is 2. The third-order valence-corrected chi connectivity index (χ3v) is 2.20. The summed E-state index contributed by atoms with van der Waals surface area (Å²) >= 11 is 0. The molecule has 0 spiro atoms. The van der Waals surface area contributed by atoms with E-state index in [-0.39, 0.29) is 0 Å². The number of aromatic amines is 1. The maximum absolute atomic E-state index is 13.1. The highest BCUT2D eigenvalue weighted by molar-refractivity contribution is 5.08. The Morgan fingerprint density at radius 2 is 2.31 bits per heavy atom. The van der Waals surface area contributed by atoms with Gasteiger partial charge in [0.25, 0.3) is 5.56 Å². The minimum absolute atomic E-state index is 0.503. The molecule has 0 aromatic carbocycles. The van der Waals surface area contributed by atoms with Gasteiger partial charge in [-0.1, -0.05) is 0 Å². The standard InChI is InChI=1S/C9H9FN2O4/c10-5-3-8(16-6(5)4-13)12-2-1-7(14)11-9(12)15/h1-3,6,8,13H,4H2,(H,11,14,15). The van der Waals surface area contributed by atoms with Crippen LogP contribution in [0, 0.1) is 0 Å². The molecule has 2 N–H and O–H groups in total. The summed E-state index contributed by atoms with van der Waals surface area (Å²) in [5.41, 5.74) is -1.23. The van der Waals surface area contributed by atoms with Gasteiger partial charge in [-0.05, 0) is 6.08 Å². The first-order valence-electron chi connectivity index (χ1n) is 4.57. The average molecular weight is 228 g/mol. The van der Waals surface area contributed by atoms with Gasteiger partial charge >= 0.3 is 5.69 Å². The number of nitrogens with one attached hydrogen (secondary N) is 1. The Balaban J connectivity index is 2.34. The van der Waals surface area contributed by atoms with Crippen LogP contribution < -0.4 is 11.2 Å². The molecule has 0 fully saturated rings. The SMILES string of the molecule is O=c1ccn(C2C=C(F)C(CO)O2)c(=O)[nH]1. The van der Waals surface area contributed by atoms with Gasteiger partial charge < -0.3 is 9.84 Å². The number of ether oxygens (including phenoxy) is 1. The van der Waals surface area contributed by atoms with Crippen molar-refractivity contribution in [2.45, 2.75) is 12.3 Å². The molecule has 7 heteroatoms. The molecular weight excluding hydrogens is 219 g/mol. The maximum atomic E-state index is 13.1. The first kappa shape index (κ1) is 10.8. The fourth-order valence-corrected chi connectivity index (χ4v) is 1.42. The Hall–Kier alpha value is -1.73. The molecule has 16 heavy (non-hydrogen) atoms. The smallest absolute Gasteiger partial charge is 0.330 e. The molecule has 6 nitrogen and oxygen atoms in total. The van der Waals surface area contributed by atoms with E-state index < -0.39 is 36.0 Å². The summed E-state index contributed by atoms with van der Waals surface area (Å²) < 4.78 is 19.2. The van der Waals surface area contributed by atoms with Crippen molar-refractivity contribution < 1.29 is 14.2 Å². The number of aromatic nitrogens is 2. The van der Waals surface area contributed by atoms with Crippen LogP contribution in [0.25, 0.3) is 0 Å². The Kier molecular flexibility index (Phi) is 2.71. The van der Waals surface area contributed by atoms with Crippen LogP contribution in [0.3, 0.4) is 0 Å². The summed E-state index contributed by atoms with van der Waals surface area (Å²) in [6.07, 6.45) is 0.279. The summed E-state index contributed by atoms with van der Waals surface area (Å²) in [6, 6.07) is 1.13. The highest BCUT2D eigenvalue weighted by Crippen LogP contribution is 2.26. The minimum Gasteiger partial charge on any atom is -0.393 e. The van der Waals surface area contributed by atoms with E-state index in [0.717, 1.165) is 16.7 Å². The number of nitrogens with zero attached hydrogens (tertiary/aromatic N) is 1. The Morgan fingerprint density at radius 3 is 2.88 bits per heavy atom. The number of aliphatic hydroxyl groups excluding tert-OH is 1. The number of hydrogen-bond acceptors (Lipinski definition) is 4. The van der Waals surface area contributed by atoms with Gasteiger partial charge in [0, 0.05) is 12.3 Å². The van der Waals surface area contributed by atoms with Gasteiger partial charge in [0.2, 0.25) is 0 Å². The monoisotopic (exact) mass is 228 g/mol. The number of rotatable bonds is 2. The molecule has 2 atom stereocenters. The predicted octanol–water partition coefficient (Wildman–Crippen LogP) is -0.720. The molecule has 0 radical (unpaired) electrons. The molecule has 1 aromatic rings. The minimum atomic E-state index is -1.05. The first-order chi connectivity index (χ1) is 7.61. The highest BCUT2D eigenvalue weighted by atomic mass is 19.1. The molecule has 86 valence electrons. The molecule has 1 aliphatic heterocycles. The van der Waals surface area contributed by atoms with Crippen molar-refractivity contribution in [2.75, 3.05) is 6.61 Å². The zero-order valence-electron chi connectivity index (χ0n) is 8.09. The second-order valence-corrected chi connectivity index (χ2v) is 3.27. The lowest BCUT2D eigenvalue weighted by Crippen LogP contribution is -2.31. The van der Waals surface area contributed by atoms with Gasteiger partial charge in [0.15, 0.2) is 6.23 Å². The van der Waals surface area contributed by atoms with Crippen molar-refractivity contribution in [3.8, 4) is 0 Å². The van der Waals surface area contributed by atoms with Crippen molar-refractivity contribution in [3.05, 3.63) is 45.0 Å². The van der Waals surface area contributed by atoms with Crippen molar-refractivity contribution in [2.24, 2.45) is 0 Å². The summed E-state index contributed by atoms with van der Waals surface area (Å²) in [5, 5.41) is 8.76. The lowest BCUT2D eigenvalue weighted by atomic mass is 10.3. The van der Waals surface area contributed by atoms with Crippen LogP contribution in [0.2, 0.25) is 0 Å². The van der Waals surface area contributed by atoms with Crippen LogP contribution in [0.5, 0.6) is 0 Å². The fourth-order valence-electron chi connectivity index (χ4n) is 1.42. The third-order valence-electron chi connectivity index (χ3n) is 2.20. The first-order valence-corrected chi connectivity index (χ1v) is 4.57. The van der Waals surface area contributed by atoms with E-state index in [1.807, 2.05) is 4.98 Å². The summed E-state index contributed by atoms with van der Waals surface area (Å²) in [4.78, 5) is 24.2. The van der Waals surface area contributed by atoms with Gasteiger partial charge in [-0.15, -0.1) is 0 Å². The van der Waals surface area contributed by atoms with E-state index in [9.17, 15) is 14.0 Å². The van der Waals surface area contributed by atoms with E-state index in [1.165, 1.54) is 6.20 Å². The summed E-state index contributed by atoms with van der Waals surface area (Å²) in [6.45, 7) is -0.503. The number of H-pyrrole nitrogens is 1. The zero-order chi connectivity index (χ0) is 11.7. The molecule has 0 saturated carbocycles. The third kappa shape index (κ3) is 1.82. The Bertz CT molecular complexity index is 533. The van der Waals surface area contributed by atoms with Gasteiger partial charge in [0.05, 0.1) is 6.61 Å². The number of halogens is 1. The van der Waals surface area contributed by atoms with Crippen molar-refractivity contribution in [1.29, 1.82) is 0 Å². The van der Waals surface area contributed by atoms with Gasteiger partial charge in [-0.25, -0.2) is 9.18 Å². The number of aliphatic hydroxyl groups is 1. The molecule has 0 saturated heterocycles. The van der Waals surface area contributed by atoms with Crippen LogP contribution in [-0.2, 0) is 4.74 Å². The Labute approximate surface area is 88.6 Å². The quantitative estimate of drug-likeness (QED) is 0.699. The molecule has 1 aliphatic rings. The van der Waals surface area contributed by atoms with Gasteiger partial charge in [0.1, 0.15) is 11.9 Å². The molecule has 2 unspecified atom stereocenters. The van der Waals surface area contributed by atoms with Crippen molar-refractivity contribution >= 4 is 0 Å². The summed E-state index contributed by atoms with van der Waals surface area (Å²) in [5.74, 6) is -0.634. The second-order valence-electron chi connectivity index (χ2n) is 3.27. The molecule has 2 rings (SSSR count). The molecule has 0 bridgehead atoms. The molecule has 2 heterocycles. The van der Waals surface area contributed by atoms with Gasteiger partial charge in [-0.2, -0.15) is 0 Å². The van der Waals surface area contributed by atoms with Crippen LogP contribution in [0.1, 0.15) is 6.23 Å². The topological polar surface area (TPSA) is 84.3 Å². The maximum Gasteiger partial charge on any atom is 0.330 e. The largest absolute Gasteiger partial charge is 0.393 e. The van der Waals surface area contributed by atoms with Crippen LogP contribution >= 0.6 is 0 Å². The normalized spacial score (nSPS) is 24.5. The van der Waals surface area contributed by atoms with Crippen molar-refractivity contribution in [3.63, 3.8) is 0 Å². The summed E-state index contributed by atoms with van der Waals surface area (Å²) in [7, 11) is 0. The van der Waals surface area contributed by atoms with Crippen LogP contribution in [0.15, 0.2) is 33.8 Å². The molecular formula is C9H9FN2O4.